The van der Waals surface area contributed by atoms with Crippen LogP contribution in [0.1, 0.15) is 5.56 Å². The predicted octanol–water partition coefficient (Wildman–Crippen LogP) is 3.82. The van der Waals surface area contributed by atoms with E-state index in [0.29, 0.717) is 31.5 Å². The Hall–Kier alpha value is -3.01. The maximum absolute atomic E-state index is 13.1. The first kappa shape index (κ1) is 20.9. The van der Waals surface area contributed by atoms with Gasteiger partial charge in [-0.05, 0) is 41.6 Å². The zero-order valence-corrected chi connectivity index (χ0v) is 19.3. The number of rotatable bonds is 4. The second-order valence-electron chi connectivity index (χ2n) is 7.26. The fourth-order valence-electron chi connectivity index (χ4n) is 3.54. The van der Waals surface area contributed by atoms with E-state index in [2.05, 4.69) is 15.0 Å². The average Bonchev–Trinajstić information content (AvgIpc) is 3.34. The van der Waals surface area contributed by atoms with Gasteiger partial charge in [-0.25, -0.2) is 14.8 Å². The van der Waals surface area contributed by atoms with Gasteiger partial charge in [0.2, 0.25) is 0 Å². The Labute approximate surface area is 195 Å². The van der Waals surface area contributed by atoms with Crippen molar-refractivity contribution in [3.8, 4) is 0 Å². The van der Waals surface area contributed by atoms with Crippen LogP contribution < -0.4 is 11.2 Å². The lowest BCUT2D eigenvalue weighted by molar-refractivity contribution is 0.696. The number of fused-ring (bicyclic) bond motifs is 2. The molecule has 0 saturated heterocycles. The normalized spacial score (nSPS) is 11.6. The molecule has 0 aliphatic rings. The molecule has 11 heteroatoms. The van der Waals surface area contributed by atoms with Crippen molar-refractivity contribution >= 4 is 57.2 Å². The van der Waals surface area contributed by atoms with E-state index in [0.717, 1.165) is 21.2 Å². The number of halogens is 2. The summed E-state index contributed by atoms with van der Waals surface area (Å²) in [4.78, 5) is 38.0. The Morgan fingerprint density at radius 3 is 2.56 bits per heavy atom. The van der Waals surface area contributed by atoms with E-state index in [9.17, 15) is 9.59 Å². The summed E-state index contributed by atoms with van der Waals surface area (Å²) < 4.78 is 4.18. The third-order valence-corrected chi connectivity index (χ3v) is 6.68. The largest absolute Gasteiger partial charge is 0.333 e. The molecule has 5 rings (SSSR count). The number of hydrogen-bond acceptors (Lipinski definition) is 5. The van der Waals surface area contributed by atoms with Crippen LogP contribution in [-0.4, -0.2) is 28.7 Å². The average molecular weight is 487 g/mol. The summed E-state index contributed by atoms with van der Waals surface area (Å²) in [6.45, 7) is 0.266. The van der Waals surface area contributed by atoms with Gasteiger partial charge in [-0.3, -0.25) is 13.9 Å². The molecular weight excluding hydrogens is 471 g/mol. The van der Waals surface area contributed by atoms with Crippen LogP contribution in [-0.2, 0) is 20.6 Å². The predicted molar refractivity (Wildman–Crippen MR) is 126 cm³/mol. The highest BCUT2D eigenvalue weighted by atomic mass is 35.5. The van der Waals surface area contributed by atoms with Gasteiger partial charge in [0.1, 0.15) is 0 Å². The Morgan fingerprint density at radius 1 is 1.03 bits per heavy atom. The molecule has 0 aliphatic heterocycles. The molecule has 0 aliphatic carbocycles. The Bertz CT molecular complexity index is 1600. The van der Waals surface area contributed by atoms with Crippen LogP contribution >= 0.6 is 35.0 Å². The SMILES string of the molecule is Cn1c(=O)c2c(nc(Sc3nc4ccccc4[nH]3)n2Cc2ccc(Cl)cc2Cl)n(C)c1=O. The first-order valence-electron chi connectivity index (χ1n) is 9.56. The van der Waals surface area contributed by atoms with E-state index in [1.165, 1.54) is 23.4 Å². The molecule has 0 spiro atoms. The number of benzene rings is 2. The van der Waals surface area contributed by atoms with Crippen LogP contribution in [0, 0.1) is 0 Å². The molecule has 162 valence electrons. The molecule has 0 atom stereocenters. The minimum absolute atomic E-state index is 0.266. The smallest absolute Gasteiger partial charge is 0.332 e. The molecule has 0 saturated carbocycles. The van der Waals surface area contributed by atoms with Crippen LogP contribution in [0.5, 0.6) is 0 Å². The zero-order valence-electron chi connectivity index (χ0n) is 17.0. The maximum Gasteiger partial charge on any atom is 0.332 e. The molecule has 1 N–H and O–H groups in total. The van der Waals surface area contributed by atoms with E-state index in [4.69, 9.17) is 23.2 Å². The number of aryl methyl sites for hydroxylation is 1. The lowest BCUT2D eigenvalue weighted by Crippen LogP contribution is -2.37. The highest BCUT2D eigenvalue weighted by Crippen LogP contribution is 2.30. The number of aromatic amines is 1. The Balaban J connectivity index is 1.72. The summed E-state index contributed by atoms with van der Waals surface area (Å²) in [5.74, 6) is 0. The molecular formula is C21H16Cl2N6O2S. The summed E-state index contributed by atoms with van der Waals surface area (Å²) in [7, 11) is 3.04. The van der Waals surface area contributed by atoms with Gasteiger partial charge in [0, 0.05) is 24.1 Å². The van der Waals surface area contributed by atoms with Crippen molar-refractivity contribution in [1.82, 2.24) is 28.7 Å². The van der Waals surface area contributed by atoms with Gasteiger partial charge in [0.15, 0.2) is 21.5 Å². The van der Waals surface area contributed by atoms with Crippen molar-refractivity contribution in [2.45, 2.75) is 16.9 Å². The van der Waals surface area contributed by atoms with E-state index in [1.807, 2.05) is 24.3 Å². The summed E-state index contributed by atoms with van der Waals surface area (Å²) >= 11 is 13.7. The summed E-state index contributed by atoms with van der Waals surface area (Å²) in [5.41, 5.74) is 2.19. The van der Waals surface area contributed by atoms with Crippen LogP contribution in [0.25, 0.3) is 22.2 Å². The first-order chi connectivity index (χ1) is 15.3. The van der Waals surface area contributed by atoms with Crippen molar-refractivity contribution in [2.75, 3.05) is 0 Å². The summed E-state index contributed by atoms with van der Waals surface area (Å²) in [5, 5.41) is 2.11. The maximum atomic E-state index is 13.1. The van der Waals surface area contributed by atoms with E-state index < -0.39 is 11.2 Å². The highest BCUT2D eigenvalue weighted by Gasteiger charge is 2.21. The molecule has 3 aromatic heterocycles. The second-order valence-corrected chi connectivity index (χ2v) is 9.06. The molecule has 0 radical (unpaired) electrons. The minimum atomic E-state index is -0.447. The van der Waals surface area contributed by atoms with E-state index in [-0.39, 0.29) is 6.54 Å². The lowest BCUT2D eigenvalue weighted by Gasteiger charge is -2.10. The Kier molecular flexibility index (Phi) is 5.11. The van der Waals surface area contributed by atoms with Gasteiger partial charge < -0.3 is 9.55 Å². The van der Waals surface area contributed by atoms with Gasteiger partial charge in [-0.15, -0.1) is 0 Å². The minimum Gasteiger partial charge on any atom is -0.333 e. The topological polar surface area (TPSA) is 90.5 Å². The van der Waals surface area contributed by atoms with Crippen molar-refractivity contribution in [2.24, 2.45) is 14.1 Å². The molecule has 0 bridgehead atoms. The fraction of sp³-hybridized carbons (Fsp3) is 0.143. The number of H-pyrrole nitrogens is 1. The van der Waals surface area contributed by atoms with Gasteiger partial charge in [0.25, 0.3) is 5.56 Å². The number of aromatic nitrogens is 6. The van der Waals surface area contributed by atoms with Gasteiger partial charge in [0.05, 0.1) is 17.6 Å². The molecule has 5 aromatic rings. The fourth-order valence-corrected chi connectivity index (χ4v) is 4.88. The van der Waals surface area contributed by atoms with Crippen LogP contribution in [0.4, 0.5) is 0 Å². The third-order valence-electron chi connectivity index (χ3n) is 5.21. The number of imidazole rings is 2. The molecule has 2 aromatic carbocycles. The van der Waals surface area contributed by atoms with Gasteiger partial charge >= 0.3 is 5.69 Å². The monoisotopic (exact) mass is 486 g/mol. The first-order valence-corrected chi connectivity index (χ1v) is 11.1. The van der Waals surface area contributed by atoms with E-state index in [1.54, 1.807) is 29.8 Å². The van der Waals surface area contributed by atoms with Crippen LogP contribution in [0.15, 0.2) is 62.4 Å². The number of nitrogens with one attached hydrogen (secondary N) is 1. The third kappa shape index (κ3) is 3.42. The Morgan fingerprint density at radius 2 is 1.81 bits per heavy atom. The quantitative estimate of drug-likeness (QED) is 0.416. The second kappa shape index (κ2) is 7.84. The van der Waals surface area contributed by atoms with Crippen LogP contribution in [0.2, 0.25) is 10.0 Å². The highest BCUT2D eigenvalue weighted by molar-refractivity contribution is 7.99. The van der Waals surface area contributed by atoms with Gasteiger partial charge in [-0.1, -0.05) is 41.4 Å². The summed E-state index contributed by atoms with van der Waals surface area (Å²) in [6.07, 6.45) is 0. The number of hydrogen-bond donors (Lipinski definition) is 1. The standard InChI is InChI=1S/C21H16Cl2N6O2S/c1-27-17-16(18(30)28(2)21(27)31)29(10-11-7-8-12(22)9-13(11)23)20(26-17)32-19-24-14-5-3-4-6-15(14)25-19/h3-9H,10H2,1-2H3,(H,24,25). The van der Waals surface area contributed by atoms with Gasteiger partial charge in [-0.2, -0.15) is 0 Å². The number of nitrogens with zero attached hydrogens (tertiary/aromatic N) is 5. The molecule has 32 heavy (non-hydrogen) atoms. The summed E-state index contributed by atoms with van der Waals surface area (Å²) in [6, 6.07) is 12.9. The zero-order chi connectivity index (χ0) is 22.6. The van der Waals surface area contributed by atoms with Crippen molar-refractivity contribution < 1.29 is 0 Å². The van der Waals surface area contributed by atoms with Crippen LogP contribution in [0.3, 0.4) is 0 Å². The van der Waals surface area contributed by atoms with Crippen molar-refractivity contribution in [3.05, 3.63) is 78.9 Å². The molecule has 8 nitrogen and oxygen atoms in total. The van der Waals surface area contributed by atoms with Crippen molar-refractivity contribution in [1.29, 1.82) is 0 Å². The van der Waals surface area contributed by atoms with Crippen molar-refractivity contribution in [3.63, 3.8) is 0 Å². The number of para-hydroxylation sites is 2. The molecule has 0 amide bonds. The molecule has 3 heterocycles. The molecule has 0 unspecified atom stereocenters. The lowest BCUT2D eigenvalue weighted by atomic mass is 10.2. The van der Waals surface area contributed by atoms with E-state index >= 15 is 0 Å². The molecule has 0 fully saturated rings.